The van der Waals surface area contributed by atoms with Crippen molar-refractivity contribution in [2.45, 2.75) is 20.4 Å². The number of likely N-dealkylation sites (N-methyl/N-ethyl adjacent to an activating group) is 1. The molecule has 0 atom stereocenters. The van der Waals surface area contributed by atoms with Crippen LogP contribution in [0.25, 0.3) is 10.9 Å². The molecule has 0 spiro atoms. The highest BCUT2D eigenvalue weighted by Crippen LogP contribution is 2.21. The average molecular weight is 314 g/mol. The van der Waals surface area contributed by atoms with Gasteiger partial charge < -0.3 is 10.2 Å². The van der Waals surface area contributed by atoms with Gasteiger partial charge in [0.05, 0.1) is 12.1 Å². The van der Waals surface area contributed by atoms with Crippen LogP contribution in [0.15, 0.2) is 30.3 Å². The van der Waals surface area contributed by atoms with Crippen LogP contribution in [0, 0.1) is 0 Å². The molecule has 23 heavy (non-hydrogen) atoms. The zero-order chi connectivity index (χ0) is 16.8. The SMILES string of the molecule is CCN(CC)CC(=O)NCc1cc(N(C)C)nc2ccccc12. The van der Waals surface area contributed by atoms with E-state index in [4.69, 9.17) is 0 Å². The van der Waals surface area contributed by atoms with Crippen molar-refractivity contribution >= 4 is 22.6 Å². The van der Waals surface area contributed by atoms with Gasteiger partial charge in [0.1, 0.15) is 5.82 Å². The standard InChI is InChI=1S/C18H26N4O/c1-5-22(6-2)13-18(23)19-12-14-11-17(21(3)4)20-16-10-8-7-9-15(14)16/h7-11H,5-6,12-13H2,1-4H3,(H,19,23). The minimum Gasteiger partial charge on any atom is -0.363 e. The first kappa shape index (κ1) is 17.2. The summed E-state index contributed by atoms with van der Waals surface area (Å²) < 4.78 is 0. The quantitative estimate of drug-likeness (QED) is 0.851. The van der Waals surface area contributed by atoms with Gasteiger partial charge in [-0.1, -0.05) is 32.0 Å². The van der Waals surface area contributed by atoms with E-state index in [1.165, 1.54) is 0 Å². The molecule has 0 saturated heterocycles. The summed E-state index contributed by atoms with van der Waals surface area (Å²) in [6.45, 7) is 6.85. The summed E-state index contributed by atoms with van der Waals surface area (Å²) in [4.78, 5) is 20.8. The molecule has 2 aromatic rings. The maximum atomic E-state index is 12.1. The first-order chi connectivity index (χ1) is 11.0. The molecule has 1 aromatic heterocycles. The van der Waals surface area contributed by atoms with Gasteiger partial charge in [-0.3, -0.25) is 9.69 Å². The molecular weight excluding hydrogens is 288 g/mol. The Morgan fingerprint density at radius 1 is 1.17 bits per heavy atom. The smallest absolute Gasteiger partial charge is 0.234 e. The largest absolute Gasteiger partial charge is 0.363 e. The van der Waals surface area contributed by atoms with Gasteiger partial charge in [0.25, 0.3) is 0 Å². The van der Waals surface area contributed by atoms with E-state index in [9.17, 15) is 4.79 Å². The number of benzene rings is 1. The molecule has 5 nitrogen and oxygen atoms in total. The van der Waals surface area contributed by atoms with E-state index >= 15 is 0 Å². The lowest BCUT2D eigenvalue weighted by Crippen LogP contribution is -2.36. The van der Waals surface area contributed by atoms with E-state index in [1.807, 2.05) is 49.3 Å². The summed E-state index contributed by atoms with van der Waals surface area (Å²) in [7, 11) is 3.94. The van der Waals surface area contributed by atoms with Crippen molar-refractivity contribution in [1.82, 2.24) is 15.2 Å². The zero-order valence-corrected chi connectivity index (χ0v) is 14.5. The van der Waals surface area contributed by atoms with Crippen molar-refractivity contribution in [3.05, 3.63) is 35.9 Å². The van der Waals surface area contributed by atoms with Gasteiger partial charge in [-0.25, -0.2) is 4.98 Å². The van der Waals surface area contributed by atoms with E-state index in [1.54, 1.807) is 0 Å². The summed E-state index contributed by atoms with van der Waals surface area (Å²) in [5.74, 6) is 0.956. The second-order valence-electron chi connectivity index (χ2n) is 5.79. The highest BCUT2D eigenvalue weighted by atomic mass is 16.2. The third kappa shape index (κ3) is 4.42. The Kier molecular flexibility index (Phi) is 5.93. The number of aromatic nitrogens is 1. The van der Waals surface area contributed by atoms with Crippen molar-refractivity contribution in [2.75, 3.05) is 38.6 Å². The van der Waals surface area contributed by atoms with Crippen LogP contribution in [0.1, 0.15) is 19.4 Å². The second-order valence-corrected chi connectivity index (χ2v) is 5.79. The molecule has 0 radical (unpaired) electrons. The van der Waals surface area contributed by atoms with Crippen LogP contribution >= 0.6 is 0 Å². The minimum atomic E-state index is 0.0565. The molecule has 1 N–H and O–H groups in total. The molecule has 1 amide bonds. The number of rotatable bonds is 7. The van der Waals surface area contributed by atoms with Crippen LogP contribution in [-0.4, -0.2) is 49.5 Å². The fourth-order valence-corrected chi connectivity index (χ4v) is 2.51. The topological polar surface area (TPSA) is 48.5 Å². The number of carbonyl (C=O) groups is 1. The lowest BCUT2D eigenvalue weighted by Gasteiger charge is -2.18. The predicted octanol–water partition coefficient (Wildman–Crippen LogP) is 2.26. The fourth-order valence-electron chi connectivity index (χ4n) is 2.51. The minimum absolute atomic E-state index is 0.0565. The van der Waals surface area contributed by atoms with E-state index in [0.717, 1.165) is 35.4 Å². The fraction of sp³-hybridized carbons (Fsp3) is 0.444. The van der Waals surface area contributed by atoms with Crippen LogP contribution in [0.3, 0.4) is 0 Å². The Hall–Kier alpha value is -2.14. The summed E-state index contributed by atoms with van der Waals surface area (Å²) in [6.07, 6.45) is 0. The second kappa shape index (κ2) is 7.92. The normalized spacial score (nSPS) is 11.0. The number of hydrogen-bond acceptors (Lipinski definition) is 4. The van der Waals surface area contributed by atoms with Crippen LogP contribution in [0.4, 0.5) is 5.82 Å². The number of pyridine rings is 1. The first-order valence-corrected chi connectivity index (χ1v) is 8.10. The van der Waals surface area contributed by atoms with Crippen molar-refractivity contribution in [1.29, 1.82) is 0 Å². The Morgan fingerprint density at radius 3 is 2.52 bits per heavy atom. The van der Waals surface area contributed by atoms with Crippen molar-refractivity contribution in [3.8, 4) is 0 Å². The van der Waals surface area contributed by atoms with Gasteiger partial charge >= 0.3 is 0 Å². The molecule has 5 heteroatoms. The third-order valence-corrected chi connectivity index (χ3v) is 3.98. The highest BCUT2D eigenvalue weighted by molar-refractivity contribution is 5.85. The molecule has 0 aliphatic rings. The number of nitrogens with one attached hydrogen (secondary N) is 1. The van der Waals surface area contributed by atoms with E-state index in [2.05, 4.69) is 29.0 Å². The number of anilines is 1. The lowest BCUT2D eigenvalue weighted by atomic mass is 10.1. The lowest BCUT2D eigenvalue weighted by molar-refractivity contribution is -0.122. The Morgan fingerprint density at radius 2 is 1.87 bits per heavy atom. The monoisotopic (exact) mass is 314 g/mol. The van der Waals surface area contributed by atoms with Crippen LogP contribution in [-0.2, 0) is 11.3 Å². The highest BCUT2D eigenvalue weighted by Gasteiger charge is 2.10. The van der Waals surface area contributed by atoms with Gasteiger partial charge in [-0.05, 0) is 30.8 Å². The van der Waals surface area contributed by atoms with Gasteiger partial charge in [-0.2, -0.15) is 0 Å². The van der Waals surface area contributed by atoms with E-state index in [-0.39, 0.29) is 5.91 Å². The number of fused-ring (bicyclic) bond motifs is 1. The molecule has 0 aliphatic carbocycles. The molecule has 0 unspecified atom stereocenters. The van der Waals surface area contributed by atoms with Crippen LogP contribution < -0.4 is 10.2 Å². The number of hydrogen-bond donors (Lipinski definition) is 1. The van der Waals surface area contributed by atoms with Crippen molar-refractivity contribution in [2.24, 2.45) is 0 Å². The summed E-state index contributed by atoms with van der Waals surface area (Å²) in [5, 5.41) is 4.11. The van der Waals surface area contributed by atoms with Crippen LogP contribution in [0.5, 0.6) is 0 Å². The van der Waals surface area contributed by atoms with E-state index in [0.29, 0.717) is 13.1 Å². The third-order valence-electron chi connectivity index (χ3n) is 3.98. The Labute approximate surface area is 138 Å². The number of amides is 1. The summed E-state index contributed by atoms with van der Waals surface area (Å²) in [6, 6.07) is 10.1. The molecule has 2 rings (SSSR count). The van der Waals surface area contributed by atoms with Gasteiger partial charge in [0.15, 0.2) is 0 Å². The maximum absolute atomic E-state index is 12.1. The van der Waals surface area contributed by atoms with Crippen LogP contribution in [0.2, 0.25) is 0 Å². The average Bonchev–Trinajstić information content (AvgIpc) is 2.57. The van der Waals surface area contributed by atoms with Gasteiger partial charge in [-0.15, -0.1) is 0 Å². The Bertz CT molecular complexity index is 665. The molecule has 0 aliphatic heterocycles. The predicted molar refractivity (Wildman–Crippen MR) is 95.7 cm³/mol. The molecule has 1 heterocycles. The van der Waals surface area contributed by atoms with E-state index < -0.39 is 0 Å². The molecule has 0 saturated carbocycles. The van der Waals surface area contributed by atoms with Gasteiger partial charge in [0.2, 0.25) is 5.91 Å². The number of nitrogens with zero attached hydrogens (tertiary/aromatic N) is 3. The number of para-hydroxylation sites is 1. The molecular formula is C18H26N4O. The van der Waals surface area contributed by atoms with Crippen molar-refractivity contribution in [3.63, 3.8) is 0 Å². The first-order valence-electron chi connectivity index (χ1n) is 8.10. The number of carbonyl (C=O) groups excluding carboxylic acids is 1. The summed E-state index contributed by atoms with van der Waals surface area (Å²) in [5.41, 5.74) is 2.04. The Balaban J connectivity index is 2.17. The molecule has 0 bridgehead atoms. The summed E-state index contributed by atoms with van der Waals surface area (Å²) >= 11 is 0. The zero-order valence-electron chi connectivity index (χ0n) is 14.5. The van der Waals surface area contributed by atoms with Gasteiger partial charge in [0, 0.05) is 26.0 Å². The van der Waals surface area contributed by atoms with Crippen molar-refractivity contribution < 1.29 is 4.79 Å². The molecule has 124 valence electrons. The molecule has 1 aromatic carbocycles. The molecule has 0 fully saturated rings. The maximum Gasteiger partial charge on any atom is 0.234 e.